The fourth-order valence-corrected chi connectivity index (χ4v) is 6.36. The van der Waals surface area contributed by atoms with Crippen LogP contribution in [0.5, 0.6) is 17.6 Å². The zero-order valence-corrected chi connectivity index (χ0v) is 29.6. The largest absolute Gasteiger partial charge is 0.494 e. The zero-order valence-electron chi connectivity index (χ0n) is 29.6. The van der Waals surface area contributed by atoms with Crippen molar-refractivity contribution in [3.8, 4) is 17.6 Å². The normalized spacial score (nSPS) is 11.3. The van der Waals surface area contributed by atoms with Crippen LogP contribution in [0.1, 0.15) is 33.4 Å². The number of nitrogens with one attached hydrogen (secondary N) is 3. The molecule has 0 aliphatic rings. The monoisotopic (exact) mass is 749 g/mol. The van der Waals surface area contributed by atoms with E-state index in [1.165, 1.54) is 0 Å². The second-order valence-corrected chi connectivity index (χ2v) is 13.0. The van der Waals surface area contributed by atoms with E-state index in [-0.39, 0.29) is 75.2 Å². The highest BCUT2D eigenvalue weighted by molar-refractivity contribution is 5.32. The van der Waals surface area contributed by atoms with Gasteiger partial charge >= 0.3 is 17.1 Å². The Hall–Kier alpha value is -6.94. The molecule has 0 radical (unpaired) electrons. The maximum Gasteiger partial charge on any atom is 0.331 e. The van der Waals surface area contributed by atoms with Gasteiger partial charge in [-0.15, -0.1) is 0 Å². The van der Waals surface area contributed by atoms with Crippen molar-refractivity contribution in [3.63, 3.8) is 0 Å². The highest BCUT2D eigenvalue weighted by Crippen LogP contribution is 2.18. The molecule has 3 aromatic heterocycles. The van der Waals surface area contributed by atoms with Crippen LogP contribution >= 0.6 is 0 Å². The summed E-state index contributed by atoms with van der Waals surface area (Å²) in [5.74, 6) is -1.59. The molecule has 0 bridgehead atoms. The van der Waals surface area contributed by atoms with Crippen LogP contribution in [0.15, 0.2) is 120 Å². The van der Waals surface area contributed by atoms with Crippen molar-refractivity contribution in [2.75, 3.05) is 19.6 Å². The van der Waals surface area contributed by atoms with Gasteiger partial charge in [0, 0.05) is 58.5 Å². The SMILES string of the molecule is O=c1[nH]c(=O)n(CCN(CCn2c(O)c(Cc3ccccc3)c(=O)[nH]c2=O)CCn2c(O)c(Cc3ccccc3)c(=O)[nH]c2=O)c(O)c1Cc1ccccc1. The van der Waals surface area contributed by atoms with E-state index >= 15 is 0 Å². The Kier molecular flexibility index (Phi) is 11.6. The Morgan fingerprint density at radius 3 is 0.927 bits per heavy atom. The molecule has 6 rings (SSSR count). The van der Waals surface area contributed by atoms with Gasteiger partial charge in [0.15, 0.2) is 0 Å². The molecule has 6 N–H and O–H groups in total. The lowest BCUT2D eigenvalue weighted by Gasteiger charge is -2.24. The van der Waals surface area contributed by atoms with Crippen LogP contribution in [0.4, 0.5) is 0 Å². The first-order valence-corrected chi connectivity index (χ1v) is 17.5. The van der Waals surface area contributed by atoms with Crippen LogP contribution in [0.2, 0.25) is 0 Å². The van der Waals surface area contributed by atoms with E-state index in [1.54, 1.807) is 95.9 Å². The average molecular weight is 750 g/mol. The average Bonchev–Trinajstić information content (AvgIpc) is 3.17. The number of nitrogens with zero attached hydrogens (tertiary/aromatic N) is 4. The molecule has 0 amide bonds. The molecule has 16 heteroatoms. The lowest BCUT2D eigenvalue weighted by Crippen LogP contribution is -2.41. The number of aromatic amines is 3. The second-order valence-electron chi connectivity index (χ2n) is 13.0. The van der Waals surface area contributed by atoms with Crippen molar-refractivity contribution in [3.05, 3.63) is 187 Å². The first-order chi connectivity index (χ1) is 26.5. The summed E-state index contributed by atoms with van der Waals surface area (Å²) in [6.45, 7) is -0.510. The molecule has 284 valence electrons. The summed E-state index contributed by atoms with van der Waals surface area (Å²) in [6.07, 6.45) is 0.141. The third kappa shape index (κ3) is 8.82. The molecule has 0 unspecified atom stereocenters. The molecule has 0 atom stereocenters. The molecule has 55 heavy (non-hydrogen) atoms. The predicted molar refractivity (Wildman–Crippen MR) is 203 cm³/mol. The molecular formula is C39H39N7O9. The van der Waals surface area contributed by atoms with Gasteiger partial charge in [-0.3, -0.25) is 47.9 Å². The number of aromatic hydroxyl groups is 3. The maximum atomic E-state index is 13.0. The third-order valence-electron chi connectivity index (χ3n) is 9.39. The summed E-state index contributed by atoms with van der Waals surface area (Å²) in [7, 11) is 0. The standard InChI is InChI=1S/C39H39N7O9/c47-31-28(22-25-10-4-1-5-11-25)34(50)44(37(53)40-31)19-16-43(17-20-45-35(51)29(32(48)41-38(45)54)23-26-12-6-2-7-13-26)18-21-46-36(52)30(33(49)42-39(46)55)24-27-14-8-3-9-15-27/h1-15,50-52H,16-24H2,(H,40,47,53)(H,41,48,54)(H,42,49,55). The van der Waals surface area contributed by atoms with Gasteiger partial charge in [0.25, 0.3) is 16.7 Å². The topological polar surface area (TPSA) is 229 Å². The van der Waals surface area contributed by atoms with Crippen molar-refractivity contribution in [2.45, 2.75) is 38.9 Å². The minimum absolute atomic E-state index is 0.00420. The molecule has 0 aliphatic carbocycles. The van der Waals surface area contributed by atoms with Crippen molar-refractivity contribution < 1.29 is 15.3 Å². The van der Waals surface area contributed by atoms with Crippen LogP contribution in [0.3, 0.4) is 0 Å². The Balaban J connectivity index is 1.30. The summed E-state index contributed by atoms with van der Waals surface area (Å²) >= 11 is 0. The molecule has 3 aromatic carbocycles. The van der Waals surface area contributed by atoms with Gasteiger partial charge in [-0.25, -0.2) is 14.4 Å². The van der Waals surface area contributed by atoms with Gasteiger partial charge in [-0.05, 0) is 16.7 Å². The number of aromatic nitrogens is 6. The molecule has 0 aliphatic heterocycles. The van der Waals surface area contributed by atoms with Crippen molar-refractivity contribution >= 4 is 0 Å². The zero-order chi connectivity index (χ0) is 39.1. The number of rotatable bonds is 15. The van der Waals surface area contributed by atoms with Crippen LogP contribution in [0.25, 0.3) is 0 Å². The van der Waals surface area contributed by atoms with E-state index in [2.05, 4.69) is 15.0 Å². The van der Waals surface area contributed by atoms with Gasteiger partial charge in [0.1, 0.15) is 0 Å². The van der Waals surface area contributed by atoms with E-state index in [9.17, 15) is 44.1 Å². The van der Waals surface area contributed by atoms with Gasteiger partial charge < -0.3 is 15.3 Å². The van der Waals surface area contributed by atoms with Crippen molar-refractivity contribution in [2.24, 2.45) is 0 Å². The minimum atomic E-state index is -0.862. The lowest BCUT2D eigenvalue weighted by molar-refractivity contribution is 0.225. The first kappa shape index (κ1) is 37.8. The first-order valence-electron chi connectivity index (χ1n) is 17.5. The number of benzene rings is 3. The van der Waals surface area contributed by atoms with Crippen LogP contribution in [-0.4, -0.2) is 68.5 Å². The smallest absolute Gasteiger partial charge is 0.331 e. The molecule has 16 nitrogen and oxygen atoms in total. The third-order valence-corrected chi connectivity index (χ3v) is 9.39. The minimum Gasteiger partial charge on any atom is -0.494 e. The van der Waals surface area contributed by atoms with E-state index < -0.39 is 51.4 Å². The Labute approximate surface area is 311 Å². The maximum absolute atomic E-state index is 13.0. The highest BCUT2D eigenvalue weighted by Gasteiger charge is 2.20. The molecule has 3 heterocycles. The molecule has 0 saturated carbocycles. The van der Waals surface area contributed by atoms with Gasteiger partial charge in [-0.1, -0.05) is 91.0 Å². The van der Waals surface area contributed by atoms with Crippen LogP contribution < -0.4 is 33.7 Å². The highest BCUT2D eigenvalue weighted by atomic mass is 16.3. The molecular weight excluding hydrogens is 710 g/mol. The van der Waals surface area contributed by atoms with Gasteiger partial charge in [-0.2, -0.15) is 0 Å². The predicted octanol–water partition coefficient (Wildman–Crippen LogP) is 0.828. The second kappa shape index (κ2) is 16.8. The summed E-state index contributed by atoms with van der Waals surface area (Å²) in [6, 6.07) is 26.7. The van der Waals surface area contributed by atoms with Crippen molar-refractivity contribution in [1.82, 2.24) is 33.6 Å². The summed E-state index contributed by atoms with van der Waals surface area (Å²) in [5, 5.41) is 33.4. The number of hydrogen-bond donors (Lipinski definition) is 6. The van der Waals surface area contributed by atoms with Crippen LogP contribution in [0, 0.1) is 0 Å². The van der Waals surface area contributed by atoms with Gasteiger partial charge in [0.2, 0.25) is 17.6 Å². The van der Waals surface area contributed by atoms with Crippen LogP contribution in [-0.2, 0) is 38.9 Å². The Morgan fingerprint density at radius 1 is 0.418 bits per heavy atom. The lowest BCUT2D eigenvalue weighted by atomic mass is 10.1. The molecule has 0 saturated heterocycles. The van der Waals surface area contributed by atoms with E-state index in [0.29, 0.717) is 0 Å². The molecule has 0 spiro atoms. The van der Waals surface area contributed by atoms with Gasteiger partial charge in [0.05, 0.1) is 16.7 Å². The van der Waals surface area contributed by atoms with E-state index in [4.69, 9.17) is 0 Å². The quantitative estimate of drug-likeness (QED) is 0.0867. The fraction of sp³-hybridized carbons (Fsp3) is 0.231. The Bertz CT molecular complexity index is 2350. The molecule has 0 fully saturated rings. The number of H-pyrrole nitrogens is 3. The van der Waals surface area contributed by atoms with E-state index in [1.807, 2.05) is 0 Å². The summed E-state index contributed by atoms with van der Waals surface area (Å²) < 4.78 is 2.99. The van der Waals surface area contributed by atoms with Crippen molar-refractivity contribution in [1.29, 1.82) is 0 Å². The summed E-state index contributed by atoms with van der Waals surface area (Å²) in [5.41, 5.74) is -2.69. The number of hydrogen-bond acceptors (Lipinski definition) is 10. The fourth-order valence-electron chi connectivity index (χ4n) is 6.36. The van der Waals surface area contributed by atoms with E-state index in [0.717, 1.165) is 30.4 Å². The molecule has 6 aromatic rings. The summed E-state index contributed by atoms with van der Waals surface area (Å²) in [4.78, 5) is 85.5. The Morgan fingerprint density at radius 2 is 0.673 bits per heavy atom.